The predicted molar refractivity (Wildman–Crippen MR) is 45.9 cm³/mol. The van der Waals surface area contributed by atoms with Crippen LogP contribution < -0.4 is 5.73 Å². The molecule has 5 heteroatoms. The number of morpholine rings is 1. The minimum atomic E-state index is -2.71. The van der Waals surface area contributed by atoms with Gasteiger partial charge in [-0.05, 0) is 0 Å². The molecule has 0 bridgehead atoms. The van der Waals surface area contributed by atoms with Crippen LogP contribution >= 0.6 is 0 Å². The number of rotatable bonds is 4. The first-order valence-corrected chi connectivity index (χ1v) is 4.52. The lowest BCUT2D eigenvalue weighted by molar-refractivity contribution is -0.0211. The monoisotopic (exact) mass is 194 g/mol. The number of hydrogen-bond donors (Lipinski definition) is 1. The first-order chi connectivity index (χ1) is 6.14. The molecule has 1 fully saturated rings. The smallest absolute Gasteiger partial charge is 0.261 e. The Morgan fingerprint density at radius 2 is 1.92 bits per heavy atom. The largest absolute Gasteiger partial charge is 0.379 e. The molecule has 3 nitrogen and oxygen atoms in total. The van der Waals surface area contributed by atoms with Crippen LogP contribution in [0, 0.1) is 0 Å². The van der Waals surface area contributed by atoms with E-state index >= 15 is 0 Å². The molecular weight excluding hydrogens is 178 g/mol. The fourth-order valence-electron chi connectivity index (χ4n) is 1.25. The van der Waals surface area contributed by atoms with Crippen molar-refractivity contribution in [3.63, 3.8) is 0 Å². The average Bonchev–Trinajstić information content (AvgIpc) is 2.17. The van der Waals surface area contributed by atoms with Crippen LogP contribution in [0.3, 0.4) is 0 Å². The van der Waals surface area contributed by atoms with E-state index in [9.17, 15) is 8.78 Å². The van der Waals surface area contributed by atoms with Gasteiger partial charge in [0.15, 0.2) is 0 Å². The fourth-order valence-corrected chi connectivity index (χ4v) is 1.25. The third-order valence-electron chi connectivity index (χ3n) is 2.20. The minimum Gasteiger partial charge on any atom is -0.379 e. The topological polar surface area (TPSA) is 38.5 Å². The molecule has 1 aliphatic heterocycles. The van der Waals surface area contributed by atoms with Gasteiger partial charge < -0.3 is 10.5 Å². The molecule has 0 aromatic heterocycles. The molecule has 1 rings (SSSR count). The number of alkyl halides is 2. The Morgan fingerprint density at radius 3 is 2.46 bits per heavy atom. The van der Waals surface area contributed by atoms with Gasteiger partial charge in [0.05, 0.1) is 19.8 Å². The Balaban J connectivity index is 2.17. The van der Waals surface area contributed by atoms with Crippen molar-refractivity contribution in [3.05, 3.63) is 0 Å². The quantitative estimate of drug-likeness (QED) is 0.699. The molecule has 0 spiro atoms. The second-order valence-electron chi connectivity index (χ2n) is 3.26. The maximum atomic E-state index is 12.7. The van der Waals surface area contributed by atoms with Crippen LogP contribution in [0.1, 0.15) is 6.42 Å². The van der Waals surface area contributed by atoms with E-state index in [1.165, 1.54) is 0 Å². The van der Waals surface area contributed by atoms with Gasteiger partial charge in [-0.2, -0.15) is 0 Å². The van der Waals surface area contributed by atoms with Gasteiger partial charge in [0.1, 0.15) is 0 Å². The zero-order chi connectivity index (χ0) is 9.73. The molecule has 78 valence electrons. The van der Waals surface area contributed by atoms with Crippen LogP contribution in [-0.2, 0) is 4.74 Å². The Bertz CT molecular complexity index is 149. The van der Waals surface area contributed by atoms with Gasteiger partial charge in [0.25, 0.3) is 5.92 Å². The minimum absolute atomic E-state index is 0.149. The molecule has 2 N–H and O–H groups in total. The van der Waals surface area contributed by atoms with E-state index in [0.29, 0.717) is 19.8 Å². The van der Waals surface area contributed by atoms with Crippen LogP contribution in [0.2, 0.25) is 0 Å². The summed E-state index contributed by atoms with van der Waals surface area (Å²) in [7, 11) is 0. The molecule has 0 amide bonds. The summed E-state index contributed by atoms with van der Waals surface area (Å²) in [5.74, 6) is -2.71. The maximum absolute atomic E-state index is 12.7. The van der Waals surface area contributed by atoms with Crippen molar-refractivity contribution >= 4 is 0 Å². The second-order valence-corrected chi connectivity index (χ2v) is 3.26. The number of hydrogen-bond acceptors (Lipinski definition) is 3. The standard InChI is InChI=1S/C8H16F2N2O/c9-8(10,7-11)1-2-12-3-5-13-6-4-12/h1-7,11H2. The van der Waals surface area contributed by atoms with Crippen molar-refractivity contribution < 1.29 is 13.5 Å². The Labute approximate surface area is 76.8 Å². The Kier molecular flexibility index (Phi) is 4.02. The van der Waals surface area contributed by atoms with Crippen molar-refractivity contribution in [2.75, 3.05) is 39.4 Å². The lowest BCUT2D eigenvalue weighted by Crippen LogP contribution is -2.40. The highest BCUT2D eigenvalue weighted by molar-refractivity contribution is 4.71. The third kappa shape index (κ3) is 3.97. The summed E-state index contributed by atoms with van der Waals surface area (Å²) in [4.78, 5) is 1.98. The highest BCUT2D eigenvalue weighted by atomic mass is 19.3. The maximum Gasteiger partial charge on any atom is 0.261 e. The summed E-state index contributed by atoms with van der Waals surface area (Å²) >= 11 is 0. The summed E-state index contributed by atoms with van der Waals surface area (Å²) in [6.45, 7) is 2.65. The lowest BCUT2D eigenvalue weighted by atomic mass is 10.2. The molecule has 0 aliphatic carbocycles. The molecule has 0 aromatic rings. The summed E-state index contributed by atoms with van der Waals surface area (Å²) < 4.78 is 30.6. The summed E-state index contributed by atoms with van der Waals surface area (Å²) in [6, 6.07) is 0. The average molecular weight is 194 g/mol. The van der Waals surface area contributed by atoms with Gasteiger partial charge in [-0.1, -0.05) is 0 Å². The lowest BCUT2D eigenvalue weighted by Gasteiger charge is -2.27. The zero-order valence-corrected chi connectivity index (χ0v) is 7.64. The molecule has 1 aliphatic rings. The van der Waals surface area contributed by atoms with E-state index in [1.54, 1.807) is 0 Å². The fraction of sp³-hybridized carbons (Fsp3) is 1.00. The molecule has 1 heterocycles. The number of nitrogens with zero attached hydrogens (tertiary/aromatic N) is 1. The van der Waals surface area contributed by atoms with Crippen LogP contribution in [0.15, 0.2) is 0 Å². The van der Waals surface area contributed by atoms with Gasteiger partial charge in [-0.15, -0.1) is 0 Å². The highest BCUT2D eigenvalue weighted by Crippen LogP contribution is 2.16. The number of ether oxygens (including phenoxy) is 1. The van der Waals surface area contributed by atoms with E-state index < -0.39 is 12.5 Å². The molecule has 0 radical (unpaired) electrons. The van der Waals surface area contributed by atoms with Gasteiger partial charge >= 0.3 is 0 Å². The summed E-state index contributed by atoms with van der Waals surface area (Å²) in [6.07, 6.45) is -0.149. The van der Waals surface area contributed by atoms with E-state index in [0.717, 1.165) is 13.1 Å². The molecule has 13 heavy (non-hydrogen) atoms. The van der Waals surface area contributed by atoms with Gasteiger partial charge in [0, 0.05) is 26.1 Å². The molecule has 0 saturated carbocycles. The molecule has 0 atom stereocenters. The van der Waals surface area contributed by atoms with Crippen LogP contribution in [0.25, 0.3) is 0 Å². The molecule has 0 aromatic carbocycles. The predicted octanol–water partition coefficient (Wildman–Crippen LogP) is 0.303. The second kappa shape index (κ2) is 4.83. The summed E-state index contributed by atoms with van der Waals surface area (Å²) in [5, 5.41) is 0. The molecule has 1 saturated heterocycles. The third-order valence-corrected chi connectivity index (χ3v) is 2.20. The van der Waals surface area contributed by atoms with Crippen molar-refractivity contribution in [3.8, 4) is 0 Å². The van der Waals surface area contributed by atoms with E-state index in [1.807, 2.05) is 4.90 Å². The first-order valence-electron chi connectivity index (χ1n) is 4.52. The zero-order valence-electron chi connectivity index (χ0n) is 7.64. The first kappa shape index (κ1) is 10.8. The Hall–Kier alpha value is -0.260. The van der Waals surface area contributed by atoms with Gasteiger partial charge in [-0.25, -0.2) is 8.78 Å². The van der Waals surface area contributed by atoms with Crippen LogP contribution in [0.4, 0.5) is 8.78 Å². The Morgan fingerprint density at radius 1 is 1.31 bits per heavy atom. The van der Waals surface area contributed by atoms with Gasteiger partial charge in [-0.3, -0.25) is 4.90 Å². The SMILES string of the molecule is NCC(F)(F)CCN1CCOCC1. The van der Waals surface area contributed by atoms with Crippen molar-refractivity contribution in [2.45, 2.75) is 12.3 Å². The van der Waals surface area contributed by atoms with Crippen LogP contribution in [-0.4, -0.2) is 50.2 Å². The van der Waals surface area contributed by atoms with Crippen molar-refractivity contribution in [1.29, 1.82) is 0 Å². The number of nitrogens with two attached hydrogens (primary N) is 1. The van der Waals surface area contributed by atoms with Gasteiger partial charge in [0.2, 0.25) is 0 Å². The van der Waals surface area contributed by atoms with E-state index in [2.05, 4.69) is 0 Å². The number of halogens is 2. The van der Waals surface area contributed by atoms with Crippen LogP contribution in [0.5, 0.6) is 0 Å². The van der Waals surface area contributed by atoms with Crippen molar-refractivity contribution in [1.82, 2.24) is 4.90 Å². The van der Waals surface area contributed by atoms with Crippen molar-refractivity contribution in [2.24, 2.45) is 5.73 Å². The van der Waals surface area contributed by atoms with E-state index in [-0.39, 0.29) is 6.42 Å². The molecule has 0 unspecified atom stereocenters. The summed E-state index contributed by atoms with van der Waals surface area (Å²) in [5.41, 5.74) is 4.93. The van der Waals surface area contributed by atoms with E-state index in [4.69, 9.17) is 10.5 Å². The molecular formula is C8H16F2N2O. The highest BCUT2D eigenvalue weighted by Gasteiger charge is 2.27. The normalized spacial score (nSPS) is 20.5.